The molecule has 4 rings (SSSR count). The number of anilines is 2. The number of rotatable bonds is 0. The lowest BCUT2D eigenvalue weighted by molar-refractivity contribution is 1.04. The normalized spacial score (nSPS) is 11.3. The third kappa shape index (κ3) is 1.55. The molecule has 7 heteroatoms. The van der Waals surface area contributed by atoms with Crippen LogP contribution in [0.4, 0.5) is 11.4 Å². The van der Waals surface area contributed by atoms with E-state index in [9.17, 15) is 19.2 Å². The largest absolute Gasteiger partial charge is 0.397 e. The van der Waals surface area contributed by atoms with Crippen LogP contribution in [-0.2, 0) is 0 Å². The number of nitrogen functional groups attached to an aromatic ring is 2. The zero-order chi connectivity index (χ0) is 18.0. The summed E-state index contributed by atoms with van der Waals surface area (Å²) in [5.74, 6) is 0. The first kappa shape index (κ1) is 14.7. The van der Waals surface area contributed by atoms with Crippen molar-refractivity contribution in [3.8, 4) is 12.5 Å². The van der Waals surface area contributed by atoms with Gasteiger partial charge in [0.25, 0.3) is 11.1 Å². The molecule has 0 fully saturated rings. The molecule has 0 atom stereocenters. The summed E-state index contributed by atoms with van der Waals surface area (Å²) in [6.07, 6.45) is 5.19. The zero-order valence-electron chi connectivity index (χ0n) is 12.6. The van der Waals surface area contributed by atoms with Crippen molar-refractivity contribution in [2.45, 2.75) is 0 Å². The number of hydrogen-bond donors (Lipinski definition) is 2. The maximum absolute atomic E-state index is 12.8. The number of benzene rings is 3. The standard InChI is InChI=1S/C18H9N3O4/c1-2-21-17(24)11-12(18(21)25)14(20)10-9(13(11)19)15(22)7-5-3-4-6-8(7)16(10)23/h1,3-6H,19-20H2. The Kier molecular flexibility index (Phi) is 2.67. The Morgan fingerprint density at radius 3 is 1.52 bits per heavy atom. The van der Waals surface area contributed by atoms with E-state index in [1.807, 2.05) is 6.04 Å². The van der Waals surface area contributed by atoms with Gasteiger partial charge in [-0.05, 0) is 0 Å². The molecule has 0 spiro atoms. The van der Waals surface area contributed by atoms with Crippen LogP contribution in [0, 0.1) is 12.5 Å². The summed E-state index contributed by atoms with van der Waals surface area (Å²) in [6.45, 7) is 0. The van der Waals surface area contributed by atoms with Crippen molar-refractivity contribution in [1.82, 2.24) is 4.57 Å². The van der Waals surface area contributed by atoms with Crippen LogP contribution in [0.3, 0.4) is 0 Å². The maximum atomic E-state index is 12.8. The van der Waals surface area contributed by atoms with Crippen LogP contribution in [0.15, 0.2) is 43.4 Å². The van der Waals surface area contributed by atoms with Gasteiger partial charge in [-0.25, -0.2) is 0 Å². The predicted molar refractivity (Wildman–Crippen MR) is 97.5 cm³/mol. The lowest BCUT2D eigenvalue weighted by Gasteiger charge is -2.07. The molecule has 4 aromatic rings. The number of hydrogen-bond acceptors (Lipinski definition) is 6. The number of nitrogens with two attached hydrogens (primary N) is 2. The summed E-state index contributed by atoms with van der Waals surface area (Å²) < 4.78 is 0.519. The minimum Gasteiger partial charge on any atom is -0.397 e. The molecule has 3 aromatic carbocycles. The van der Waals surface area contributed by atoms with E-state index in [-0.39, 0.29) is 43.7 Å². The van der Waals surface area contributed by atoms with Gasteiger partial charge in [-0.3, -0.25) is 19.2 Å². The molecule has 0 unspecified atom stereocenters. The molecule has 0 saturated carbocycles. The van der Waals surface area contributed by atoms with Crippen molar-refractivity contribution < 1.29 is 0 Å². The van der Waals surface area contributed by atoms with Crippen LogP contribution in [-0.4, -0.2) is 4.57 Å². The summed E-state index contributed by atoms with van der Waals surface area (Å²) in [7, 11) is 0. The molecule has 0 saturated heterocycles. The van der Waals surface area contributed by atoms with E-state index in [4.69, 9.17) is 17.9 Å². The summed E-state index contributed by atoms with van der Waals surface area (Å²) in [5.41, 5.74) is 8.75. The molecule has 120 valence electrons. The quantitative estimate of drug-likeness (QED) is 0.200. The molecule has 0 amide bonds. The first-order chi connectivity index (χ1) is 11.9. The summed E-state index contributed by atoms with van der Waals surface area (Å²) in [6, 6.07) is 8.14. The highest BCUT2D eigenvalue weighted by Crippen LogP contribution is 2.31. The highest BCUT2D eigenvalue weighted by molar-refractivity contribution is 6.20. The fourth-order valence-electron chi connectivity index (χ4n) is 3.29. The Morgan fingerprint density at radius 1 is 0.760 bits per heavy atom. The molecular weight excluding hydrogens is 322 g/mol. The second-order valence-corrected chi connectivity index (χ2v) is 5.61. The van der Waals surface area contributed by atoms with Gasteiger partial charge >= 0.3 is 0 Å². The van der Waals surface area contributed by atoms with E-state index in [2.05, 4.69) is 0 Å². The SMILES string of the molecule is C#Cn1c(=O)c2c(N)c3c(=O)c4ccccc4c(=O)c3c(N)c2c1=O. The molecule has 0 bridgehead atoms. The third-order valence-corrected chi connectivity index (χ3v) is 4.41. The van der Waals surface area contributed by atoms with E-state index in [1.54, 1.807) is 12.1 Å². The Hall–Kier alpha value is -3.92. The molecule has 0 aliphatic carbocycles. The van der Waals surface area contributed by atoms with E-state index >= 15 is 0 Å². The molecule has 1 aromatic heterocycles. The van der Waals surface area contributed by atoms with Crippen LogP contribution < -0.4 is 33.4 Å². The number of aromatic nitrogens is 1. The van der Waals surface area contributed by atoms with Crippen LogP contribution in [0.2, 0.25) is 0 Å². The first-order valence-electron chi connectivity index (χ1n) is 7.18. The molecule has 25 heavy (non-hydrogen) atoms. The lowest BCUT2D eigenvalue weighted by atomic mass is 9.97. The molecule has 1 heterocycles. The second kappa shape index (κ2) is 4.55. The van der Waals surface area contributed by atoms with Crippen molar-refractivity contribution >= 4 is 43.7 Å². The van der Waals surface area contributed by atoms with Crippen LogP contribution in [0.1, 0.15) is 0 Å². The van der Waals surface area contributed by atoms with E-state index in [0.29, 0.717) is 4.57 Å². The maximum Gasteiger partial charge on any atom is 0.275 e. The van der Waals surface area contributed by atoms with Gasteiger partial charge in [0.15, 0.2) is 10.9 Å². The Balaban J connectivity index is 2.55. The molecule has 0 radical (unpaired) electrons. The minimum absolute atomic E-state index is 0.164. The topological polar surface area (TPSA) is 125 Å². The Labute approximate surface area is 138 Å². The highest BCUT2D eigenvalue weighted by atomic mass is 16.2. The molecule has 7 nitrogen and oxygen atoms in total. The zero-order valence-corrected chi connectivity index (χ0v) is 12.6. The molecule has 0 aliphatic rings. The van der Waals surface area contributed by atoms with Crippen LogP contribution in [0.25, 0.3) is 32.3 Å². The van der Waals surface area contributed by atoms with Gasteiger partial charge in [-0.1, -0.05) is 30.7 Å². The number of terminal acetylenes is 1. The summed E-state index contributed by atoms with van der Waals surface area (Å²) in [5, 5.41) is -0.479. The predicted octanol–water partition coefficient (Wildman–Crippen LogP) is -0.133. The van der Waals surface area contributed by atoms with Crippen LogP contribution >= 0.6 is 0 Å². The number of nitrogens with zero attached hydrogens (tertiary/aromatic N) is 1. The second-order valence-electron chi connectivity index (χ2n) is 5.61. The van der Waals surface area contributed by atoms with Gasteiger partial charge in [0.05, 0.1) is 32.9 Å². The van der Waals surface area contributed by atoms with Gasteiger partial charge < -0.3 is 11.5 Å². The number of fused-ring (bicyclic) bond motifs is 3. The summed E-state index contributed by atoms with van der Waals surface area (Å²) in [4.78, 5) is 50.4. The van der Waals surface area contributed by atoms with Gasteiger partial charge in [0.2, 0.25) is 0 Å². The van der Waals surface area contributed by atoms with Gasteiger partial charge in [-0.15, -0.1) is 0 Å². The summed E-state index contributed by atoms with van der Waals surface area (Å²) >= 11 is 0. The van der Waals surface area contributed by atoms with Crippen molar-refractivity contribution in [3.63, 3.8) is 0 Å². The van der Waals surface area contributed by atoms with Crippen LogP contribution in [0.5, 0.6) is 0 Å². The molecule has 0 aliphatic heterocycles. The highest BCUT2D eigenvalue weighted by Gasteiger charge is 2.24. The third-order valence-electron chi connectivity index (χ3n) is 4.41. The van der Waals surface area contributed by atoms with Crippen molar-refractivity contribution in [2.24, 2.45) is 0 Å². The lowest BCUT2D eigenvalue weighted by Crippen LogP contribution is -2.21. The first-order valence-corrected chi connectivity index (χ1v) is 7.18. The Morgan fingerprint density at radius 2 is 1.16 bits per heavy atom. The molecular formula is C18H9N3O4. The fourth-order valence-corrected chi connectivity index (χ4v) is 3.29. The van der Waals surface area contributed by atoms with Gasteiger partial charge in [0, 0.05) is 16.8 Å². The average Bonchev–Trinajstić information content (AvgIpc) is 2.86. The van der Waals surface area contributed by atoms with E-state index < -0.39 is 22.0 Å². The van der Waals surface area contributed by atoms with Crippen molar-refractivity contribution in [1.29, 1.82) is 0 Å². The van der Waals surface area contributed by atoms with E-state index in [0.717, 1.165) is 0 Å². The minimum atomic E-state index is -0.839. The van der Waals surface area contributed by atoms with Crippen molar-refractivity contribution in [3.05, 3.63) is 65.4 Å². The molecule has 4 N–H and O–H groups in total. The smallest absolute Gasteiger partial charge is 0.275 e. The van der Waals surface area contributed by atoms with Gasteiger partial charge in [-0.2, -0.15) is 4.57 Å². The monoisotopic (exact) mass is 331 g/mol. The fraction of sp³-hybridized carbons (Fsp3) is 0. The average molecular weight is 331 g/mol. The van der Waals surface area contributed by atoms with E-state index in [1.165, 1.54) is 12.1 Å². The Bertz CT molecular complexity index is 1390. The van der Waals surface area contributed by atoms with Crippen molar-refractivity contribution in [2.75, 3.05) is 11.5 Å². The van der Waals surface area contributed by atoms with Gasteiger partial charge in [0.1, 0.15) is 0 Å².